The summed E-state index contributed by atoms with van der Waals surface area (Å²) in [5, 5.41) is 0. The largest absolute Gasteiger partial charge is 0.573 e. The van der Waals surface area contributed by atoms with Gasteiger partial charge in [-0.15, -0.1) is 13.2 Å². The van der Waals surface area contributed by atoms with E-state index in [1.807, 2.05) is 0 Å². The van der Waals surface area contributed by atoms with Crippen molar-refractivity contribution in [1.82, 2.24) is 4.72 Å². The smallest absolute Gasteiger partial charge is 0.406 e. The van der Waals surface area contributed by atoms with Crippen molar-refractivity contribution in [1.29, 1.82) is 0 Å². The van der Waals surface area contributed by atoms with Gasteiger partial charge in [0.1, 0.15) is 11.6 Å². The Balaban J connectivity index is 2.08. The molecule has 24 heavy (non-hydrogen) atoms. The molecule has 9 heteroatoms. The quantitative estimate of drug-likeness (QED) is 0.827. The number of rotatable bonds is 5. The van der Waals surface area contributed by atoms with Gasteiger partial charge in [0.05, 0.1) is 4.90 Å². The summed E-state index contributed by atoms with van der Waals surface area (Å²) in [7, 11) is -3.95. The van der Waals surface area contributed by atoms with Crippen LogP contribution in [-0.2, 0) is 16.6 Å². The molecule has 0 fully saturated rings. The first kappa shape index (κ1) is 18.2. The summed E-state index contributed by atoms with van der Waals surface area (Å²) in [5.74, 6) is -0.984. The molecule has 1 N–H and O–H groups in total. The average molecular weight is 363 g/mol. The van der Waals surface area contributed by atoms with E-state index in [1.165, 1.54) is 12.1 Å². The van der Waals surface area contributed by atoms with Gasteiger partial charge in [0.25, 0.3) is 0 Å². The van der Waals surface area contributed by atoms with Crippen LogP contribution in [0.4, 0.5) is 17.6 Å². The molecule has 0 heterocycles. The highest BCUT2D eigenvalue weighted by atomic mass is 32.2. The molecule has 0 spiro atoms. The van der Waals surface area contributed by atoms with Crippen LogP contribution in [0.5, 0.6) is 5.75 Å². The lowest BCUT2D eigenvalue weighted by molar-refractivity contribution is -0.274. The highest BCUT2D eigenvalue weighted by Crippen LogP contribution is 2.24. The zero-order valence-corrected chi connectivity index (χ0v) is 13.2. The lowest BCUT2D eigenvalue weighted by atomic mass is 10.1. The Morgan fingerprint density at radius 3 is 2.25 bits per heavy atom. The van der Waals surface area contributed by atoms with Gasteiger partial charge < -0.3 is 4.74 Å². The maximum atomic E-state index is 13.4. The zero-order chi connectivity index (χ0) is 18.0. The van der Waals surface area contributed by atoms with Gasteiger partial charge in [-0.2, -0.15) is 0 Å². The number of ether oxygens (including phenoxy) is 1. The lowest BCUT2D eigenvalue weighted by Gasteiger charge is -2.10. The van der Waals surface area contributed by atoms with E-state index in [9.17, 15) is 26.0 Å². The Kier molecular flexibility index (Phi) is 5.14. The van der Waals surface area contributed by atoms with E-state index >= 15 is 0 Å². The van der Waals surface area contributed by atoms with Gasteiger partial charge >= 0.3 is 6.36 Å². The molecule has 0 aromatic heterocycles. The summed E-state index contributed by atoms with van der Waals surface area (Å²) in [6, 6.07) is 8.06. The molecule has 2 rings (SSSR count). The second-order valence-electron chi connectivity index (χ2n) is 4.93. The van der Waals surface area contributed by atoms with Crippen LogP contribution in [0.2, 0.25) is 0 Å². The van der Waals surface area contributed by atoms with Gasteiger partial charge in [0.2, 0.25) is 10.0 Å². The predicted molar refractivity (Wildman–Crippen MR) is 78.3 cm³/mol. The highest BCUT2D eigenvalue weighted by Gasteiger charge is 2.31. The number of sulfonamides is 1. The van der Waals surface area contributed by atoms with Crippen molar-refractivity contribution in [3.05, 3.63) is 59.4 Å². The SMILES string of the molecule is Cc1ccc(CNS(=O)(=O)c2ccc(OC(F)(F)F)cc2)cc1F. The van der Waals surface area contributed by atoms with E-state index in [-0.39, 0.29) is 11.4 Å². The Bertz CT molecular complexity index is 818. The first-order chi connectivity index (χ1) is 11.1. The van der Waals surface area contributed by atoms with Crippen molar-refractivity contribution < 1.29 is 30.7 Å². The fourth-order valence-electron chi connectivity index (χ4n) is 1.83. The molecular formula is C15H13F4NO3S. The second-order valence-corrected chi connectivity index (χ2v) is 6.69. The van der Waals surface area contributed by atoms with E-state index in [4.69, 9.17) is 0 Å². The second kappa shape index (κ2) is 6.78. The Morgan fingerprint density at radius 2 is 1.71 bits per heavy atom. The molecule has 0 amide bonds. The molecule has 0 aliphatic heterocycles. The van der Waals surface area contributed by atoms with Gasteiger partial charge in [0.15, 0.2) is 0 Å². The first-order valence-electron chi connectivity index (χ1n) is 6.67. The van der Waals surface area contributed by atoms with Gasteiger partial charge in [-0.1, -0.05) is 12.1 Å². The minimum atomic E-state index is -4.85. The summed E-state index contributed by atoms with van der Waals surface area (Å²) in [4.78, 5) is -0.232. The Hall–Kier alpha value is -2.13. The topological polar surface area (TPSA) is 55.4 Å². The molecule has 0 aliphatic rings. The maximum absolute atomic E-state index is 13.4. The molecule has 2 aromatic carbocycles. The van der Waals surface area contributed by atoms with E-state index in [0.29, 0.717) is 11.1 Å². The third-order valence-corrected chi connectivity index (χ3v) is 4.49. The van der Waals surface area contributed by atoms with Crippen LogP contribution in [0.1, 0.15) is 11.1 Å². The number of hydrogen-bond donors (Lipinski definition) is 1. The Morgan fingerprint density at radius 1 is 1.08 bits per heavy atom. The molecule has 0 saturated carbocycles. The first-order valence-corrected chi connectivity index (χ1v) is 8.16. The lowest BCUT2D eigenvalue weighted by Crippen LogP contribution is -2.23. The summed E-state index contributed by atoms with van der Waals surface area (Å²) in [6.07, 6.45) is -4.85. The molecular weight excluding hydrogens is 350 g/mol. The zero-order valence-electron chi connectivity index (χ0n) is 12.4. The minimum Gasteiger partial charge on any atom is -0.406 e. The fraction of sp³-hybridized carbons (Fsp3) is 0.200. The van der Waals surface area contributed by atoms with E-state index in [1.54, 1.807) is 13.0 Å². The molecule has 2 aromatic rings. The molecule has 0 saturated heterocycles. The number of aryl methyl sites for hydroxylation is 1. The summed E-state index contributed by atoms with van der Waals surface area (Å²) in [5.41, 5.74) is 0.848. The van der Waals surface area contributed by atoms with E-state index in [0.717, 1.165) is 24.3 Å². The molecule has 0 unspecified atom stereocenters. The van der Waals surface area contributed by atoms with Crippen LogP contribution in [0.3, 0.4) is 0 Å². The monoisotopic (exact) mass is 363 g/mol. The third-order valence-electron chi connectivity index (χ3n) is 3.07. The molecule has 0 bridgehead atoms. The summed E-state index contributed by atoms with van der Waals surface area (Å²) < 4.78 is 79.7. The molecule has 0 atom stereocenters. The molecule has 130 valence electrons. The van der Waals surface area contributed by atoms with E-state index < -0.39 is 28.0 Å². The molecule has 0 aliphatic carbocycles. The van der Waals surface area contributed by atoms with Crippen molar-refractivity contribution in [2.75, 3.05) is 0 Å². The standard InChI is InChI=1S/C15H13F4NO3S/c1-10-2-3-11(8-14(10)16)9-20-24(21,22)13-6-4-12(5-7-13)23-15(17,18)19/h2-8,20H,9H2,1H3. The minimum absolute atomic E-state index is 0.152. The number of benzene rings is 2. The average Bonchev–Trinajstić information content (AvgIpc) is 2.47. The number of nitrogens with one attached hydrogen (secondary N) is 1. The highest BCUT2D eigenvalue weighted by molar-refractivity contribution is 7.89. The predicted octanol–water partition coefficient (Wildman–Crippen LogP) is 3.51. The van der Waals surface area contributed by atoms with Crippen LogP contribution in [0.15, 0.2) is 47.4 Å². The van der Waals surface area contributed by atoms with Gasteiger partial charge in [-0.3, -0.25) is 0 Å². The third kappa shape index (κ3) is 4.93. The van der Waals surface area contributed by atoms with Gasteiger partial charge in [-0.25, -0.2) is 17.5 Å². The molecule has 0 radical (unpaired) electrons. The normalized spacial score (nSPS) is 12.2. The maximum Gasteiger partial charge on any atom is 0.573 e. The van der Waals surface area contributed by atoms with E-state index in [2.05, 4.69) is 9.46 Å². The van der Waals surface area contributed by atoms with Crippen LogP contribution < -0.4 is 9.46 Å². The van der Waals surface area contributed by atoms with Crippen molar-refractivity contribution in [2.45, 2.75) is 24.7 Å². The van der Waals surface area contributed by atoms with Crippen LogP contribution >= 0.6 is 0 Å². The summed E-state index contributed by atoms with van der Waals surface area (Å²) in [6.45, 7) is 1.42. The number of hydrogen-bond acceptors (Lipinski definition) is 3. The summed E-state index contributed by atoms with van der Waals surface area (Å²) >= 11 is 0. The van der Waals surface area contributed by atoms with Crippen molar-refractivity contribution >= 4 is 10.0 Å². The van der Waals surface area contributed by atoms with Crippen LogP contribution in [-0.4, -0.2) is 14.8 Å². The van der Waals surface area contributed by atoms with Crippen molar-refractivity contribution in [2.24, 2.45) is 0 Å². The van der Waals surface area contributed by atoms with Crippen LogP contribution in [0.25, 0.3) is 0 Å². The number of alkyl halides is 3. The van der Waals surface area contributed by atoms with Crippen molar-refractivity contribution in [3.8, 4) is 5.75 Å². The van der Waals surface area contributed by atoms with Gasteiger partial charge in [-0.05, 0) is 48.4 Å². The van der Waals surface area contributed by atoms with Gasteiger partial charge in [0, 0.05) is 6.54 Å². The fourth-order valence-corrected chi connectivity index (χ4v) is 2.85. The van der Waals surface area contributed by atoms with Crippen molar-refractivity contribution in [3.63, 3.8) is 0 Å². The van der Waals surface area contributed by atoms with Crippen LogP contribution in [0, 0.1) is 12.7 Å². The number of halogens is 4. The molecule has 4 nitrogen and oxygen atoms in total. The Labute approximate surface area is 136 Å².